The molecular weight excluding hydrogens is 304 g/mol. The van der Waals surface area contributed by atoms with Crippen molar-refractivity contribution in [1.82, 2.24) is 10.2 Å². The van der Waals surface area contributed by atoms with Crippen LogP contribution in [0.5, 0.6) is 0 Å². The largest absolute Gasteiger partial charge is 0.420 e. The molecule has 1 aliphatic rings. The number of aryl methyl sites for hydroxylation is 1. The molecule has 3 nitrogen and oxygen atoms in total. The van der Waals surface area contributed by atoms with Gasteiger partial charge < -0.3 is 4.42 Å². The van der Waals surface area contributed by atoms with E-state index in [0.29, 0.717) is 11.8 Å². The number of aromatic nitrogens is 2. The molecule has 1 aromatic carbocycles. The van der Waals surface area contributed by atoms with E-state index in [-0.39, 0.29) is 0 Å². The zero-order valence-corrected chi connectivity index (χ0v) is 12.6. The molecular formula is C15H17BrN2O. The summed E-state index contributed by atoms with van der Waals surface area (Å²) in [6.07, 6.45) is 6.24. The Kier molecular flexibility index (Phi) is 3.69. The number of halogens is 1. The van der Waals surface area contributed by atoms with Gasteiger partial charge in [0.05, 0.1) is 5.56 Å². The number of hydrogen-bond acceptors (Lipinski definition) is 3. The van der Waals surface area contributed by atoms with Crippen LogP contribution in [0.4, 0.5) is 0 Å². The van der Waals surface area contributed by atoms with E-state index in [4.69, 9.17) is 4.42 Å². The van der Waals surface area contributed by atoms with Crippen molar-refractivity contribution in [2.75, 3.05) is 0 Å². The molecule has 1 aliphatic carbocycles. The highest BCUT2D eigenvalue weighted by Crippen LogP contribution is 2.34. The molecule has 100 valence electrons. The summed E-state index contributed by atoms with van der Waals surface area (Å²) >= 11 is 3.54. The lowest BCUT2D eigenvalue weighted by Gasteiger charge is -2.17. The molecule has 1 heterocycles. The zero-order chi connectivity index (χ0) is 13.2. The van der Waals surface area contributed by atoms with Crippen LogP contribution in [-0.4, -0.2) is 10.2 Å². The lowest BCUT2D eigenvalue weighted by Crippen LogP contribution is -2.04. The molecule has 3 rings (SSSR count). The van der Waals surface area contributed by atoms with Gasteiger partial charge >= 0.3 is 0 Å². The first-order valence-corrected chi connectivity index (χ1v) is 7.63. The molecule has 0 spiro atoms. The summed E-state index contributed by atoms with van der Waals surface area (Å²) in [5, 5.41) is 8.47. The van der Waals surface area contributed by atoms with E-state index in [1.807, 2.05) is 6.07 Å². The standard InChI is InChI=1S/C15H17BrN2O/c1-10-7-8-13(16)12(9-10)15-18-17-14(19-15)11-5-3-2-4-6-11/h7-9,11H,2-6H2,1H3. The molecule has 0 N–H and O–H groups in total. The Hall–Kier alpha value is -1.16. The molecule has 1 aromatic heterocycles. The second kappa shape index (κ2) is 5.45. The van der Waals surface area contributed by atoms with Gasteiger partial charge in [0, 0.05) is 10.4 Å². The first-order chi connectivity index (χ1) is 9.24. The van der Waals surface area contributed by atoms with E-state index >= 15 is 0 Å². The maximum absolute atomic E-state index is 5.89. The number of rotatable bonds is 2. The minimum Gasteiger partial charge on any atom is -0.420 e. The summed E-state index contributed by atoms with van der Waals surface area (Å²) in [5.41, 5.74) is 2.17. The van der Waals surface area contributed by atoms with Gasteiger partial charge in [0.1, 0.15) is 0 Å². The third-order valence-corrected chi connectivity index (χ3v) is 4.44. The van der Waals surface area contributed by atoms with Crippen molar-refractivity contribution in [3.05, 3.63) is 34.1 Å². The van der Waals surface area contributed by atoms with Crippen LogP contribution in [0, 0.1) is 6.92 Å². The maximum Gasteiger partial charge on any atom is 0.248 e. The average molecular weight is 321 g/mol. The Balaban J connectivity index is 1.89. The molecule has 1 fully saturated rings. The van der Waals surface area contributed by atoms with Crippen LogP contribution in [0.25, 0.3) is 11.5 Å². The maximum atomic E-state index is 5.89. The van der Waals surface area contributed by atoms with Gasteiger partial charge in [0.15, 0.2) is 0 Å². The van der Waals surface area contributed by atoms with Crippen LogP contribution in [0.1, 0.15) is 49.5 Å². The smallest absolute Gasteiger partial charge is 0.248 e. The van der Waals surface area contributed by atoms with Gasteiger partial charge in [0.25, 0.3) is 0 Å². The normalized spacial score (nSPS) is 16.7. The minimum absolute atomic E-state index is 0.457. The molecule has 0 unspecified atom stereocenters. The second-order valence-electron chi connectivity index (χ2n) is 5.26. The van der Waals surface area contributed by atoms with Crippen molar-refractivity contribution in [1.29, 1.82) is 0 Å². The first-order valence-electron chi connectivity index (χ1n) is 6.84. The van der Waals surface area contributed by atoms with Crippen molar-refractivity contribution in [3.63, 3.8) is 0 Å². The predicted octanol–water partition coefficient (Wildman–Crippen LogP) is 4.86. The van der Waals surface area contributed by atoms with Gasteiger partial charge in [0.2, 0.25) is 11.8 Å². The molecule has 4 heteroatoms. The monoisotopic (exact) mass is 320 g/mol. The van der Waals surface area contributed by atoms with Crippen LogP contribution >= 0.6 is 15.9 Å². The van der Waals surface area contributed by atoms with Crippen LogP contribution in [0.3, 0.4) is 0 Å². The van der Waals surface area contributed by atoms with E-state index < -0.39 is 0 Å². The lowest BCUT2D eigenvalue weighted by molar-refractivity contribution is 0.367. The molecule has 1 saturated carbocycles. The zero-order valence-electron chi connectivity index (χ0n) is 11.0. The Morgan fingerprint density at radius 3 is 2.74 bits per heavy atom. The van der Waals surface area contributed by atoms with Gasteiger partial charge in [-0.3, -0.25) is 0 Å². The Bertz CT molecular complexity index is 573. The van der Waals surface area contributed by atoms with Crippen molar-refractivity contribution in [3.8, 4) is 11.5 Å². The fraction of sp³-hybridized carbons (Fsp3) is 0.467. The van der Waals surface area contributed by atoms with Gasteiger partial charge in [-0.2, -0.15) is 0 Å². The third kappa shape index (κ3) is 2.73. The fourth-order valence-corrected chi connectivity index (χ4v) is 3.08. The molecule has 0 amide bonds. The number of nitrogens with zero attached hydrogens (tertiary/aromatic N) is 2. The third-order valence-electron chi connectivity index (χ3n) is 3.75. The van der Waals surface area contributed by atoms with E-state index in [9.17, 15) is 0 Å². The molecule has 0 radical (unpaired) electrons. The number of benzene rings is 1. The molecule has 0 aliphatic heterocycles. The Morgan fingerprint density at radius 2 is 1.95 bits per heavy atom. The highest BCUT2D eigenvalue weighted by molar-refractivity contribution is 9.10. The Morgan fingerprint density at radius 1 is 1.16 bits per heavy atom. The van der Waals surface area contributed by atoms with Gasteiger partial charge in [-0.1, -0.05) is 30.9 Å². The lowest BCUT2D eigenvalue weighted by atomic mass is 9.89. The second-order valence-corrected chi connectivity index (χ2v) is 6.12. The molecule has 19 heavy (non-hydrogen) atoms. The molecule has 0 atom stereocenters. The van der Waals surface area contributed by atoms with Crippen molar-refractivity contribution in [2.45, 2.75) is 44.9 Å². The molecule has 2 aromatic rings. The van der Waals surface area contributed by atoms with E-state index in [0.717, 1.165) is 15.9 Å². The van der Waals surface area contributed by atoms with Gasteiger partial charge in [-0.25, -0.2) is 0 Å². The van der Waals surface area contributed by atoms with Gasteiger partial charge in [-0.05, 0) is 47.8 Å². The van der Waals surface area contributed by atoms with Crippen molar-refractivity contribution in [2.24, 2.45) is 0 Å². The van der Waals surface area contributed by atoms with Gasteiger partial charge in [-0.15, -0.1) is 10.2 Å². The average Bonchev–Trinajstić information content (AvgIpc) is 2.92. The fourth-order valence-electron chi connectivity index (χ4n) is 2.66. The SMILES string of the molecule is Cc1ccc(Br)c(-c2nnc(C3CCCCC3)o2)c1. The summed E-state index contributed by atoms with van der Waals surface area (Å²) < 4.78 is 6.89. The molecule has 0 saturated heterocycles. The van der Waals surface area contributed by atoms with Crippen LogP contribution < -0.4 is 0 Å². The molecule has 0 bridgehead atoms. The predicted molar refractivity (Wildman–Crippen MR) is 78.0 cm³/mol. The van der Waals surface area contributed by atoms with Crippen LogP contribution in [0.15, 0.2) is 27.1 Å². The van der Waals surface area contributed by atoms with Crippen LogP contribution in [0.2, 0.25) is 0 Å². The summed E-state index contributed by atoms with van der Waals surface area (Å²) in [6.45, 7) is 2.06. The van der Waals surface area contributed by atoms with E-state index in [1.54, 1.807) is 0 Å². The summed E-state index contributed by atoms with van der Waals surface area (Å²) in [7, 11) is 0. The van der Waals surface area contributed by atoms with Crippen molar-refractivity contribution >= 4 is 15.9 Å². The topological polar surface area (TPSA) is 38.9 Å². The van der Waals surface area contributed by atoms with Crippen LogP contribution in [-0.2, 0) is 0 Å². The number of hydrogen-bond donors (Lipinski definition) is 0. The first kappa shape index (κ1) is 12.9. The summed E-state index contributed by atoms with van der Waals surface area (Å²) in [6, 6.07) is 6.16. The van der Waals surface area contributed by atoms with E-state index in [1.165, 1.54) is 37.7 Å². The van der Waals surface area contributed by atoms with Crippen molar-refractivity contribution < 1.29 is 4.42 Å². The highest BCUT2D eigenvalue weighted by atomic mass is 79.9. The Labute approximate surface area is 121 Å². The quantitative estimate of drug-likeness (QED) is 0.793. The highest BCUT2D eigenvalue weighted by Gasteiger charge is 2.22. The van der Waals surface area contributed by atoms with E-state index in [2.05, 4.69) is 45.2 Å². The summed E-state index contributed by atoms with van der Waals surface area (Å²) in [5.74, 6) is 1.89. The minimum atomic E-state index is 0.457. The summed E-state index contributed by atoms with van der Waals surface area (Å²) in [4.78, 5) is 0.